The van der Waals surface area contributed by atoms with Crippen LogP contribution in [-0.2, 0) is 6.54 Å². The van der Waals surface area contributed by atoms with Gasteiger partial charge < -0.3 is 14.4 Å². The van der Waals surface area contributed by atoms with E-state index in [0.717, 1.165) is 18.7 Å². The number of piperazine rings is 1. The lowest BCUT2D eigenvalue weighted by atomic mass is 10.1. The molecule has 2 aromatic carbocycles. The summed E-state index contributed by atoms with van der Waals surface area (Å²) in [7, 11) is 1.58. The standard InChI is InChI=1S/C21H24ClFN2O3/c1-3-28-20-12-15(5-7-19(20)27-2)21(26)25-10-8-24(9-11-25)14-16-4-6-17(23)13-18(16)22/h4-7,12-13H,3,8-11,14H2,1-2H3. The number of carbonyl (C=O) groups is 1. The summed E-state index contributed by atoms with van der Waals surface area (Å²) in [4.78, 5) is 16.9. The molecule has 0 bridgehead atoms. The largest absolute Gasteiger partial charge is 0.493 e. The predicted molar refractivity (Wildman–Crippen MR) is 107 cm³/mol. The van der Waals surface area contributed by atoms with Crippen LogP contribution in [0.25, 0.3) is 0 Å². The Morgan fingerprint density at radius 1 is 1.11 bits per heavy atom. The highest BCUT2D eigenvalue weighted by atomic mass is 35.5. The number of nitrogens with zero attached hydrogens (tertiary/aromatic N) is 2. The fraction of sp³-hybridized carbons (Fsp3) is 0.381. The van der Waals surface area contributed by atoms with Gasteiger partial charge in [-0.3, -0.25) is 9.69 Å². The van der Waals surface area contributed by atoms with Crippen molar-refractivity contribution >= 4 is 17.5 Å². The second-order valence-electron chi connectivity index (χ2n) is 6.60. The maximum absolute atomic E-state index is 13.2. The molecule has 0 N–H and O–H groups in total. The molecule has 1 aliphatic heterocycles. The SMILES string of the molecule is CCOc1cc(C(=O)N2CCN(Cc3ccc(F)cc3Cl)CC2)ccc1OC. The molecule has 0 spiro atoms. The van der Waals surface area contributed by atoms with Gasteiger partial charge in [0.05, 0.1) is 13.7 Å². The van der Waals surface area contributed by atoms with Crippen LogP contribution < -0.4 is 9.47 Å². The number of hydrogen-bond acceptors (Lipinski definition) is 4. The minimum atomic E-state index is -0.338. The molecule has 0 radical (unpaired) electrons. The molecule has 150 valence electrons. The Morgan fingerprint density at radius 2 is 1.86 bits per heavy atom. The molecular formula is C21H24ClFN2O3. The van der Waals surface area contributed by atoms with Gasteiger partial charge in [-0.05, 0) is 42.8 Å². The van der Waals surface area contributed by atoms with Gasteiger partial charge in [0.1, 0.15) is 5.82 Å². The third-order valence-electron chi connectivity index (χ3n) is 4.78. The highest BCUT2D eigenvalue weighted by molar-refractivity contribution is 6.31. The number of hydrogen-bond donors (Lipinski definition) is 0. The molecule has 0 aliphatic carbocycles. The number of ether oxygens (including phenoxy) is 2. The van der Waals surface area contributed by atoms with Gasteiger partial charge in [-0.15, -0.1) is 0 Å². The lowest BCUT2D eigenvalue weighted by Crippen LogP contribution is -2.48. The molecule has 1 heterocycles. The molecule has 0 aromatic heterocycles. The zero-order valence-corrected chi connectivity index (χ0v) is 16.8. The van der Waals surface area contributed by atoms with Crippen LogP contribution >= 0.6 is 11.6 Å². The quantitative estimate of drug-likeness (QED) is 0.730. The van der Waals surface area contributed by atoms with Crippen molar-refractivity contribution in [3.8, 4) is 11.5 Å². The van der Waals surface area contributed by atoms with E-state index in [1.165, 1.54) is 12.1 Å². The summed E-state index contributed by atoms with van der Waals surface area (Å²) < 4.78 is 24.0. The third kappa shape index (κ3) is 4.75. The molecular weight excluding hydrogens is 383 g/mol. The van der Waals surface area contributed by atoms with Crippen molar-refractivity contribution in [1.29, 1.82) is 0 Å². The predicted octanol–water partition coefficient (Wildman–Crippen LogP) is 3.84. The number of benzene rings is 2. The summed E-state index contributed by atoms with van der Waals surface area (Å²) in [6.07, 6.45) is 0. The summed E-state index contributed by atoms with van der Waals surface area (Å²) >= 11 is 6.12. The minimum Gasteiger partial charge on any atom is -0.493 e. The number of methoxy groups -OCH3 is 1. The van der Waals surface area contributed by atoms with Crippen molar-refractivity contribution in [1.82, 2.24) is 9.80 Å². The van der Waals surface area contributed by atoms with Crippen molar-refractivity contribution in [2.45, 2.75) is 13.5 Å². The smallest absolute Gasteiger partial charge is 0.254 e. The molecule has 1 aliphatic rings. The summed E-state index contributed by atoms with van der Waals surface area (Å²) in [5.74, 6) is 0.818. The molecule has 3 rings (SSSR count). The maximum Gasteiger partial charge on any atom is 0.254 e. The summed E-state index contributed by atoms with van der Waals surface area (Å²) in [6.45, 7) is 5.72. The summed E-state index contributed by atoms with van der Waals surface area (Å²) in [6, 6.07) is 9.70. The Labute approximate surface area is 169 Å². The van der Waals surface area contributed by atoms with Crippen LogP contribution in [0.4, 0.5) is 4.39 Å². The van der Waals surface area contributed by atoms with Crippen molar-refractivity contribution in [2.75, 3.05) is 39.9 Å². The zero-order valence-electron chi connectivity index (χ0n) is 16.1. The number of halogens is 2. The Morgan fingerprint density at radius 3 is 2.50 bits per heavy atom. The number of amides is 1. The molecule has 28 heavy (non-hydrogen) atoms. The fourth-order valence-electron chi connectivity index (χ4n) is 3.26. The topological polar surface area (TPSA) is 42.0 Å². The second-order valence-corrected chi connectivity index (χ2v) is 7.01. The summed E-state index contributed by atoms with van der Waals surface area (Å²) in [5.41, 5.74) is 1.47. The Kier molecular flexibility index (Phi) is 6.75. The lowest BCUT2D eigenvalue weighted by Gasteiger charge is -2.35. The van der Waals surface area contributed by atoms with Crippen molar-refractivity contribution in [2.24, 2.45) is 0 Å². The van der Waals surface area contributed by atoms with Gasteiger partial charge in [0, 0.05) is 43.3 Å². The lowest BCUT2D eigenvalue weighted by molar-refractivity contribution is 0.0628. The first-order valence-corrected chi connectivity index (χ1v) is 9.66. The van der Waals surface area contributed by atoms with Gasteiger partial charge in [-0.2, -0.15) is 0 Å². The Bertz CT molecular complexity index is 838. The highest BCUT2D eigenvalue weighted by Crippen LogP contribution is 2.29. The molecule has 0 unspecified atom stereocenters. The van der Waals surface area contributed by atoms with Crippen LogP contribution in [0.15, 0.2) is 36.4 Å². The second kappa shape index (κ2) is 9.26. The Hall–Kier alpha value is -2.31. The first kappa shape index (κ1) is 20.4. The van der Waals surface area contributed by atoms with Gasteiger partial charge in [0.15, 0.2) is 11.5 Å². The third-order valence-corrected chi connectivity index (χ3v) is 5.13. The zero-order chi connectivity index (χ0) is 20.1. The van der Waals surface area contributed by atoms with Crippen LogP contribution in [0, 0.1) is 5.82 Å². The molecule has 0 atom stereocenters. The van der Waals surface area contributed by atoms with E-state index in [2.05, 4.69) is 4.90 Å². The van der Waals surface area contributed by atoms with E-state index in [-0.39, 0.29) is 11.7 Å². The van der Waals surface area contributed by atoms with Gasteiger partial charge in [0.25, 0.3) is 5.91 Å². The first-order chi connectivity index (χ1) is 13.5. The van der Waals surface area contributed by atoms with Gasteiger partial charge in [0.2, 0.25) is 0 Å². The molecule has 7 heteroatoms. The van der Waals surface area contributed by atoms with E-state index in [1.807, 2.05) is 11.8 Å². The van der Waals surface area contributed by atoms with Gasteiger partial charge >= 0.3 is 0 Å². The number of rotatable bonds is 6. The Balaban J connectivity index is 1.61. The van der Waals surface area contributed by atoms with E-state index in [1.54, 1.807) is 31.4 Å². The molecule has 1 fully saturated rings. The van der Waals surface area contributed by atoms with Crippen LogP contribution in [0.1, 0.15) is 22.8 Å². The molecule has 1 amide bonds. The highest BCUT2D eigenvalue weighted by Gasteiger charge is 2.23. The van der Waals surface area contributed by atoms with E-state index < -0.39 is 0 Å². The van der Waals surface area contributed by atoms with Crippen LogP contribution in [0.5, 0.6) is 11.5 Å². The summed E-state index contributed by atoms with van der Waals surface area (Å²) in [5, 5.41) is 0.431. The van der Waals surface area contributed by atoms with Crippen molar-refractivity contribution < 1.29 is 18.7 Å². The van der Waals surface area contributed by atoms with Crippen molar-refractivity contribution in [3.05, 3.63) is 58.4 Å². The van der Waals surface area contributed by atoms with Gasteiger partial charge in [-0.25, -0.2) is 4.39 Å². The van der Waals surface area contributed by atoms with Crippen LogP contribution in [0.3, 0.4) is 0 Å². The van der Waals surface area contributed by atoms with Crippen molar-refractivity contribution in [3.63, 3.8) is 0 Å². The van der Waals surface area contributed by atoms with E-state index in [9.17, 15) is 9.18 Å². The molecule has 1 saturated heterocycles. The monoisotopic (exact) mass is 406 g/mol. The van der Waals surface area contributed by atoms with E-state index >= 15 is 0 Å². The first-order valence-electron chi connectivity index (χ1n) is 9.28. The van der Waals surface area contributed by atoms with E-state index in [0.29, 0.717) is 48.3 Å². The van der Waals surface area contributed by atoms with Crippen LogP contribution in [0.2, 0.25) is 5.02 Å². The fourth-order valence-corrected chi connectivity index (χ4v) is 3.49. The minimum absolute atomic E-state index is 0.0249. The average Bonchev–Trinajstić information content (AvgIpc) is 2.70. The maximum atomic E-state index is 13.2. The number of carbonyl (C=O) groups excluding carboxylic acids is 1. The normalized spacial score (nSPS) is 14.8. The molecule has 0 saturated carbocycles. The van der Waals surface area contributed by atoms with Gasteiger partial charge in [-0.1, -0.05) is 17.7 Å². The average molecular weight is 407 g/mol. The van der Waals surface area contributed by atoms with E-state index in [4.69, 9.17) is 21.1 Å². The molecule has 5 nitrogen and oxygen atoms in total. The molecule has 2 aromatic rings. The van der Waals surface area contributed by atoms with Crippen LogP contribution in [-0.4, -0.2) is 55.6 Å².